The summed E-state index contributed by atoms with van der Waals surface area (Å²) >= 11 is 0. The van der Waals surface area contributed by atoms with Crippen LogP contribution in [0.15, 0.2) is 35.2 Å². The first-order chi connectivity index (χ1) is 14.3. The van der Waals surface area contributed by atoms with Gasteiger partial charge in [-0.15, -0.1) is 0 Å². The van der Waals surface area contributed by atoms with Crippen molar-refractivity contribution in [3.63, 3.8) is 0 Å². The Morgan fingerprint density at radius 1 is 1.23 bits per heavy atom. The first kappa shape index (κ1) is 20.3. The van der Waals surface area contributed by atoms with Gasteiger partial charge in [0.05, 0.1) is 29.4 Å². The highest BCUT2D eigenvalue weighted by Gasteiger charge is 2.36. The highest BCUT2D eigenvalue weighted by atomic mass is 32.2. The van der Waals surface area contributed by atoms with Crippen LogP contribution in [0.2, 0.25) is 0 Å². The second-order valence-electron chi connectivity index (χ2n) is 7.09. The number of aromatic amines is 1. The van der Waals surface area contributed by atoms with Gasteiger partial charge in [-0.25, -0.2) is 17.9 Å². The molecule has 0 spiro atoms. The fourth-order valence-electron chi connectivity index (χ4n) is 3.80. The van der Waals surface area contributed by atoms with Crippen molar-refractivity contribution in [1.29, 1.82) is 0 Å². The zero-order chi connectivity index (χ0) is 21.5. The van der Waals surface area contributed by atoms with Gasteiger partial charge in [-0.1, -0.05) is 18.2 Å². The van der Waals surface area contributed by atoms with Crippen LogP contribution in [-0.2, 0) is 27.7 Å². The lowest BCUT2D eigenvalue weighted by Gasteiger charge is -2.27. The molecule has 0 aliphatic carbocycles. The van der Waals surface area contributed by atoms with E-state index in [9.17, 15) is 13.2 Å². The number of fused-ring (bicyclic) bond motifs is 1. The summed E-state index contributed by atoms with van der Waals surface area (Å²) in [5, 5.41) is 11.2. The number of esters is 1. The van der Waals surface area contributed by atoms with Gasteiger partial charge in [-0.05, 0) is 32.9 Å². The van der Waals surface area contributed by atoms with Crippen LogP contribution in [0.1, 0.15) is 40.1 Å². The van der Waals surface area contributed by atoms with Crippen LogP contribution >= 0.6 is 0 Å². The van der Waals surface area contributed by atoms with E-state index >= 15 is 0 Å². The molecule has 3 heterocycles. The second-order valence-corrected chi connectivity index (χ2v) is 8.97. The van der Waals surface area contributed by atoms with Crippen molar-refractivity contribution in [2.45, 2.75) is 38.6 Å². The number of aromatic nitrogens is 4. The first-order valence-corrected chi connectivity index (χ1v) is 11.1. The predicted octanol–water partition coefficient (Wildman–Crippen LogP) is 2.14. The number of aryl methyl sites for hydroxylation is 2. The summed E-state index contributed by atoms with van der Waals surface area (Å²) in [6.45, 7) is 5.59. The lowest BCUT2D eigenvalue weighted by Crippen LogP contribution is -2.37. The maximum Gasteiger partial charge on any atom is 0.359 e. The van der Waals surface area contributed by atoms with E-state index < -0.39 is 16.0 Å². The number of ether oxygens (including phenoxy) is 1. The Labute approximate surface area is 174 Å². The molecule has 1 aliphatic heterocycles. The Bertz CT molecular complexity index is 1180. The van der Waals surface area contributed by atoms with Crippen LogP contribution in [0.25, 0.3) is 5.69 Å². The van der Waals surface area contributed by atoms with Gasteiger partial charge >= 0.3 is 5.97 Å². The Hall–Kier alpha value is -2.98. The van der Waals surface area contributed by atoms with Crippen molar-refractivity contribution >= 4 is 16.0 Å². The number of rotatable bonds is 5. The van der Waals surface area contributed by atoms with E-state index in [-0.39, 0.29) is 30.3 Å². The van der Waals surface area contributed by atoms with Crippen LogP contribution in [0.5, 0.6) is 0 Å². The molecule has 1 aliphatic rings. The zero-order valence-electron chi connectivity index (χ0n) is 17.0. The van der Waals surface area contributed by atoms with Gasteiger partial charge in [0.2, 0.25) is 10.0 Å². The number of nitrogens with one attached hydrogen (secondary N) is 1. The summed E-state index contributed by atoms with van der Waals surface area (Å²) in [5.74, 6) is -0.557. The van der Waals surface area contributed by atoms with E-state index in [0.29, 0.717) is 23.4 Å². The van der Waals surface area contributed by atoms with Crippen molar-refractivity contribution in [2.75, 3.05) is 13.2 Å². The lowest BCUT2D eigenvalue weighted by atomic mass is 10.1. The van der Waals surface area contributed by atoms with E-state index in [4.69, 9.17) is 4.74 Å². The van der Waals surface area contributed by atoms with Gasteiger partial charge in [-0.3, -0.25) is 5.10 Å². The molecule has 0 unspecified atom stereocenters. The smallest absolute Gasteiger partial charge is 0.359 e. The minimum absolute atomic E-state index is 0.0444. The molecule has 2 aromatic heterocycles. The van der Waals surface area contributed by atoms with E-state index in [2.05, 4.69) is 15.3 Å². The van der Waals surface area contributed by atoms with Crippen molar-refractivity contribution in [3.8, 4) is 5.69 Å². The fourth-order valence-corrected chi connectivity index (χ4v) is 5.54. The van der Waals surface area contributed by atoms with Crippen molar-refractivity contribution in [2.24, 2.45) is 0 Å². The second kappa shape index (κ2) is 7.69. The summed E-state index contributed by atoms with van der Waals surface area (Å²) in [5.41, 5.74) is 3.26. The van der Waals surface area contributed by atoms with Crippen molar-refractivity contribution in [3.05, 3.63) is 58.7 Å². The average molecular weight is 430 g/mol. The van der Waals surface area contributed by atoms with Gasteiger partial charge < -0.3 is 4.74 Å². The van der Waals surface area contributed by atoms with Gasteiger partial charge in [0.25, 0.3) is 0 Å². The zero-order valence-corrected chi connectivity index (χ0v) is 17.9. The Morgan fingerprint density at radius 2 is 1.97 bits per heavy atom. The quantitative estimate of drug-likeness (QED) is 0.622. The number of benzene rings is 1. The molecular weight excluding hydrogens is 406 g/mol. The number of sulfonamides is 1. The number of hydrogen-bond acceptors (Lipinski definition) is 6. The monoisotopic (exact) mass is 429 g/mol. The SMILES string of the molecule is CCOC(=O)c1nn(-c2ccccc2)c2c1CN(S(=O)(=O)c1c(C)n[nH]c1C)CC2. The largest absolute Gasteiger partial charge is 0.461 e. The minimum Gasteiger partial charge on any atom is -0.461 e. The Balaban J connectivity index is 1.79. The van der Waals surface area contributed by atoms with E-state index in [0.717, 1.165) is 11.4 Å². The molecule has 0 saturated heterocycles. The molecule has 158 valence electrons. The molecule has 0 fully saturated rings. The lowest BCUT2D eigenvalue weighted by molar-refractivity contribution is 0.0517. The molecule has 0 atom stereocenters. The summed E-state index contributed by atoms with van der Waals surface area (Å²) in [4.78, 5) is 12.8. The summed E-state index contributed by atoms with van der Waals surface area (Å²) in [6, 6.07) is 9.46. The number of nitrogens with zero attached hydrogens (tertiary/aromatic N) is 4. The molecule has 3 aromatic rings. The Kier molecular flexibility index (Phi) is 5.20. The van der Waals surface area contributed by atoms with Crippen molar-refractivity contribution in [1.82, 2.24) is 24.3 Å². The maximum atomic E-state index is 13.3. The van der Waals surface area contributed by atoms with Crippen LogP contribution in [0, 0.1) is 13.8 Å². The number of hydrogen-bond donors (Lipinski definition) is 1. The molecule has 0 amide bonds. The number of carbonyl (C=O) groups excluding carboxylic acids is 1. The number of para-hydroxylation sites is 1. The highest BCUT2D eigenvalue weighted by molar-refractivity contribution is 7.89. The summed E-state index contributed by atoms with van der Waals surface area (Å²) in [6.07, 6.45) is 0.422. The molecule has 9 nitrogen and oxygen atoms in total. The van der Waals surface area contributed by atoms with Crippen LogP contribution in [0.4, 0.5) is 0 Å². The molecular formula is C20H23N5O4S. The normalized spacial score (nSPS) is 14.5. The maximum absolute atomic E-state index is 13.3. The standard InChI is InChI=1S/C20H23N5O4S/c1-4-29-20(26)18-16-12-24(30(27,28)19-13(2)21-22-14(19)3)11-10-17(16)25(23-18)15-8-6-5-7-9-15/h5-9H,4,10-12H2,1-3H3,(H,21,22). The molecule has 1 N–H and O–H groups in total. The predicted molar refractivity (Wildman–Crippen MR) is 109 cm³/mol. The Morgan fingerprint density at radius 3 is 2.60 bits per heavy atom. The molecule has 0 bridgehead atoms. The molecule has 0 saturated carbocycles. The van der Waals surface area contributed by atoms with Gasteiger partial charge in [-0.2, -0.15) is 14.5 Å². The first-order valence-electron chi connectivity index (χ1n) is 9.69. The third kappa shape index (κ3) is 3.31. The molecule has 0 radical (unpaired) electrons. The topological polar surface area (TPSA) is 110 Å². The molecule has 10 heteroatoms. The van der Waals surface area contributed by atoms with E-state index in [1.807, 2.05) is 30.3 Å². The number of H-pyrrole nitrogens is 1. The van der Waals surface area contributed by atoms with Gasteiger partial charge in [0.15, 0.2) is 5.69 Å². The minimum atomic E-state index is -3.78. The highest BCUT2D eigenvalue weighted by Crippen LogP contribution is 2.30. The van der Waals surface area contributed by atoms with Gasteiger partial charge in [0.1, 0.15) is 4.90 Å². The van der Waals surface area contributed by atoms with E-state index in [1.54, 1.807) is 25.5 Å². The molecule has 1 aromatic carbocycles. The molecule has 4 rings (SSSR count). The third-order valence-electron chi connectivity index (χ3n) is 5.15. The van der Waals surface area contributed by atoms with Crippen molar-refractivity contribution < 1.29 is 17.9 Å². The summed E-state index contributed by atoms with van der Waals surface area (Å²) in [7, 11) is -3.78. The van der Waals surface area contributed by atoms with Crippen LogP contribution in [0.3, 0.4) is 0 Å². The summed E-state index contributed by atoms with van der Waals surface area (Å²) < 4.78 is 34.9. The molecule has 30 heavy (non-hydrogen) atoms. The van der Waals surface area contributed by atoms with E-state index in [1.165, 1.54) is 4.31 Å². The number of carbonyl (C=O) groups is 1. The third-order valence-corrected chi connectivity index (χ3v) is 7.26. The van der Waals surface area contributed by atoms with Gasteiger partial charge in [0, 0.05) is 25.1 Å². The fraction of sp³-hybridized carbons (Fsp3) is 0.350. The van der Waals surface area contributed by atoms with Crippen LogP contribution < -0.4 is 0 Å². The average Bonchev–Trinajstić information content (AvgIpc) is 3.28. The van der Waals surface area contributed by atoms with Crippen LogP contribution in [-0.4, -0.2) is 51.8 Å².